The van der Waals surface area contributed by atoms with Crippen molar-refractivity contribution in [2.75, 3.05) is 19.4 Å². The van der Waals surface area contributed by atoms with Crippen LogP contribution in [0, 0.1) is 11.2 Å². The largest absolute Gasteiger partial charge is 0.333 e. The van der Waals surface area contributed by atoms with E-state index in [1.165, 1.54) is 17.3 Å². The van der Waals surface area contributed by atoms with Crippen molar-refractivity contribution in [2.24, 2.45) is 0 Å². The fourth-order valence-electron chi connectivity index (χ4n) is 4.22. The Balaban J connectivity index is 1.51. The number of halogens is 3. The van der Waals surface area contributed by atoms with Gasteiger partial charge in [0, 0.05) is 17.9 Å². The topological polar surface area (TPSA) is 103 Å². The van der Waals surface area contributed by atoms with Crippen molar-refractivity contribution in [1.29, 1.82) is 5.41 Å². The Morgan fingerprint density at radius 1 is 1.18 bits per heavy atom. The molecule has 0 saturated heterocycles. The molecule has 174 valence electrons. The van der Waals surface area contributed by atoms with Crippen molar-refractivity contribution < 1.29 is 4.39 Å². The lowest BCUT2D eigenvalue weighted by Crippen LogP contribution is -2.34. The van der Waals surface area contributed by atoms with E-state index in [1.54, 1.807) is 0 Å². The molecule has 11 heteroatoms. The Hall–Kier alpha value is -3.27. The Bertz CT molecular complexity index is 1540. The first kappa shape index (κ1) is 22.5. The standard InChI is InChI=1S/C23H20Cl2FN7O/c1-32(2)15-6-11-3-4-14(5-12(11)7-15)29-22-28-10-16-20(27)33(23(34)31-21(16)30-22)19-17(24)8-13(26)9-18(19)25/h3-5,8-10,15,27H,6-7H2,1-2H3,(H2,28,29,30,31,34)/t15-/m0/s1. The Morgan fingerprint density at radius 2 is 1.88 bits per heavy atom. The van der Waals surface area contributed by atoms with Gasteiger partial charge in [-0.1, -0.05) is 29.3 Å². The van der Waals surface area contributed by atoms with Gasteiger partial charge in [0.1, 0.15) is 11.3 Å². The summed E-state index contributed by atoms with van der Waals surface area (Å²) in [5, 5.41) is 11.8. The number of fused-ring (bicyclic) bond motifs is 2. The van der Waals surface area contributed by atoms with Gasteiger partial charge in [0.2, 0.25) is 5.95 Å². The third-order valence-electron chi connectivity index (χ3n) is 6.00. The van der Waals surface area contributed by atoms with E-state index >= 15 is 0 Å². The molecule has 1 aliphatic rings. The highest BCUT2D eigenvalue weighted by Gasteiger charge is 2.23. The number of aromatic amines is 1. The molecule has 5 rings (SSSR count). The summed E-state index contributed by atoms with van der Waals surface area (Å²) < 4.78 is 14.6. The van der Waals surface area contributed by atoms with E-state index in [1.807, 2.05) is 6.07 Å². The van der Waals surface area contributed by atoms with Crippen LogP contribution >= 0.6 is 23.2 Å². The maximum Gasteiger partial charge on any atom is 0.333 e. The van der Waals surface area contributed by atoms with Crippen LogP contribution in [-0.2, 0) is 12.8 Å². The molecule has 1 atom stereocenters. The van der Waals surface area contributed by atoms with E-state index in [9.17, 15) is 9.18 Å². The average Bonchev–Trinajstić information content (AvgIpc) is 3.19. The molecule has 2 aromatic carbocycles. The number of nitrogens with zero attached hydrogens (tertiary/aromatic N) is 4. The van der Waals surface area contributed by atoms with Crippen LogP contribution in [-0.4, -0.2) is 44.6 Å². The van der Waals surface area contributed by atoms with Crippen molar-refractivity contribution in [3.05, 3.63) is 79.5 Å². The molecule has 0 radical (unpaired) electrons. The van der Waals surface area contributed by atoms with Crippen molar-refractivity contribution in [3.63, 3.8) is 0 Å². The van der Waals surface area contributed by atoms with Crippen LogP contribution in [0.25, 0.3) is 16.7 Å². The lowest BCUT2D eigenvalue weighted by molar-refractivity contribution is 0.303. The first-order valence-corrected chi connectivity index (χ1v) is 11.2. The summed E-state index contributed by atoms with van der Waals surface area (Å²) in [6.07, 6.45) is 3.42. The van der Waals surface area contributed by atoms with E-state index in [2.05, 4.69) is 51.4 Å². The second-order valence-corrected chi connectivity index (χ2v) is 9.24. The first-order chi connectivity index (χ1) is 16.2. The molecule has 2 aromatic heterocycles. The molecule has 0 spiro atoms. The summed E-state index contributed by atoms with van der Waals surface area (Å²) in [7, 11) is 4.17. The normalized spacial score (nSPS) is 15.2. The highest BCUT2D eigenvalue weighted by atomic mass is 35.5. The van der Waals surface area contributed by atoms with Gasteiger partial charge in [0.25, 0.3) is 0 Å². The predicted molar refractivity (Wildman–Crippen MR) is 130 cm³/mol. The Morgan fingerprint density at radius 3 is 2.59 bits per heavy atom. The quantitative estimate of drug-likeness (QED) is 0.396. The van der Waals surface area contributed by atoms with Crippen molar-refractivity contribution in [2.45, 2.75) is 18.9 Å². The summed E-state index contributed by atoms with van der Waals surface area (Å²) >= 11 is 12.2. The minimum Gasteiger partial charge on any atom is -0.324 e. The molecule has 34 heavy (non-hydrogen) atoms. The average molecular weight is 500 g/mol. The fraction of sp³-hybridized carbons (Fsp3) is 0.217. The second-order valence-electron chi connectivity index (χ2n) is 8.42. The van der Waals surface area contributed by atoms with Crippen LogP contribution in [0.1, 0.15) is 11.1 Å². The van der Waals surface area contributed by atoms with Gasteiger partial charge in [0.15, 0.2) is 5.65 Å². The molecule has 0 unspecified atom stereocenters. The number of nitrogens with one attached hydrogen (secondary N) is 3. The first-order valence-electron chi connectivity index (χ1n) is 10.5. The molecule has 8 nitrogen and oxygen atoms in total. The van der Waals surface area contributed by atoms with Crippen LogP contribution in [0.2, 0.25) is 10.0 Å². The molecule has 3 N–H and O–H groups in total. The number of hydrogen-bond donors (Lipinski definition) is 3. The minimum absolute atomic E-state index is 0.00857. The zero-order chi connectivity index (χ0) is 24.1. The van der Waals surface area contributed by atoms with Crippen LogP contribution in [0.4, 0.5) is 16.0 Å². The third-order valence-corrected chi connectivity index (χ3v) is 6.58. The smallest absolute Gasteiger partial charge is 0.324 e. The highest BCUT2D eigenvalue weighted by molar-refractivity contribution is 6.37. The number of rotatable bonds is 4. The molecule has 0 bridgehead atoms. The molecular weight excluding hydrogens is 480 g/mol. The van der Waals surface area contributed by atoms with Gasteiger partial charge in [-0.3, -0.25) is 10.4 Å². The second kappa shape index (κ2) is 8.50. The van der Waals surface area contributed by atoms with Crippen LogP contribution in [0.5, 0.6) is 0 Å². The molecule has 0 aliphatic heterocycles. The van der Waals surface area contributed by atoms with Crippen molar-refractivity contribution >= 4 is 45.9 Å². The number of hydrogen-bond acceptors (Lipinski definition) is 6. The predicted octanol–water partition coefficient (Wildman–Crippen LogP) is 3.81. The highest BCUT2D eigenvalue weighted by Crippen LogP contribution is 2.29. The fourth-order valence-corrected chi connectivity index (χ4v) is 4.85. The zero-order valence-electron chi connectivity index (χ0n) is 18.3. The molecule has 4 aromatic rings. The number of likely N-dealkylation sites (N-methyl/N-ethyl adjacent to an activating group) is 1. The van der Waals surface area contributed by atoms with Gasteiger partial charge in [-0.05, 0) is 62.3 Å². The van der Waals surface area contributed by atoms with Crippen LogP contribution < -0.4 is 16.5 Å². The van der Waals surface area contributed by atoms with Crippen molar-refractivity contribution in [1.82, 2.24) is 24.4 Å². The van der Waals surface area contributed by atoms with Gasteiger partial charge in [-0.25, -0.2) is 18.7 Å². The molecule has 0 fully saturated rings. The number of benzene rings is 2. The van der Waals surface area contributed by atoms with Gasteiger partial charge >= 0.3 is 5.69 Å². The molecular formula is C23H20Cl2FN7O. The summed E-state index contributed by atoms with van der Waals surface area (Å²) in [4.78, 5) is 26.4. The zero-order valence-corrected chi connectivity index (χ0v) is 19.8. The van der Waals surface area contributed by atoms with Crippen molar-refractivity contribution in [3.8, 4) is 5.69 Å². The van der Waals surface area contributed by atoms with E-state index in [0.717, 1.165) is 35.2 Å². The summed E-state index contributed by atoms with van der Waals surface area (Å²) in [6.45, 7) is 0. The monoisotopic (exact) mass is 499 g/mol. The SMILES string of the molecule is CN(C)[C@H]1Cc2ccc(Nc3ncc4c(=N)n(-c5c(Cl)cc(F)cc5Cl)c(=O)[nH]c4n3)cc2C1. The number of H-pyrrole nitrogens is 1. The third kappa shape index (κ3) is 3.96. The van der Waals surface area contributed by atoms with E-state index in [-0.39, 0.29) is 38.2 Å². The van der Waals surface area contributed by atoms with E-state index in [4.69, 9.17) is 28.6 Å². The maximum absolute atomic E-state index is 13.6. The van der Waals surface area contributed by atoms with Crippen LogP contribution in [0.3, 0.4) is 0 Å². The molecule has 1 aliphatic carbocycles. The van der Waals surface area contributed by atoms with Gasteiger partial charge in [-0.2, -0.15) is 4.98 Å². The van der Waals surface area contributed by atoms with E-state index < -0.39 is 11.5 Å². The summed E-state index contributed by atoms with van der Waals surface area (Å²) in [5.74, 6) is -0.369. The summed E-state index contributed by atoms with van der Waals surface area (Å²) in [6, 6.07) is 8.70. The molecule has 0 saturated carbocycles. The molecule has 2 heterocycles. The Labute approximate surface area is 203 Å². The van der Waals surface area contributed by atoms with E-state index in [0.29, 0.717) is 6.04 Å². The van der Waals surface area contributed by atoms with Crippen LogP contribution in [0.15, 0.2) is 41.3 Å². The number of aromatic nitrogens is 4. The Kier molecular flexibility index (Phi) is 5.63. The minimum atomic E-state index is -0.690. The maximum atomic E-state index is 13.6. The lowest BCUT2D eigenvalue weighted by atomic mass is 10.1. The van der Waals surface area contributed by atoms with Gasteiger partial charge in [-0.15, -0.1) is 0 Å². The number of anilines is 2. The lowest BCUT2D eigenvalue weighted by Gasteiger charge is -2.17. The van der Waals surface area contributed by atoms with Gasteiger partial charge in [0.05, 0.1) is 21.1 Å². The van der Waals surface area contributed by atoms with Gasteiger partial charge < -0.3 is 10.2 Å². The summed E-state index contributed by atoms with van der Waals surface area (Å²) in [5.41, 5.74) is 2.70. The molecule has 0 amide bonds.